The van der Waals surface area contributed by atoms with Crippen LogP contribution in [-0.4, -0.2) is 36.7 Å². The Hall–Kier alpha value is -3.53. The van der Waals surface area contributed by atoms with Gasteiger partial charge in [0.15, 0.2) is 5.82 Å². The van der Waals surface area contributed by atoms with Gasteiger partial charge in [0.1, 0.15) is 23.0 Å². The van der Waals surface area contributed by atoms with E-state index in [4.69, 9.17) is 32.7 Å². The Morgan fingerprint density at radius 1 is 1.08 bits per heavy atom. The molecule has 0 atom stereocenters. The van der Waals surface area contributed by atoms with Crippen LogP contribution in [0.3, 0.4) is 0 Å². The number of nitrogens with zero attached hydrogens (tertiary/aromatic N) is 5. The normalized spacial score (nSPS) is 11.5. The highest BCUT2D eigenvalue weighted by molar-refractivity contribution is 6.33. The van der Waals surface area contributed by atoms with Gasteiger partial charge in [0.25, 0.3) is 5.56 Å². The average Bonchev–Trinajstić information content (AvgIpc) is 2.86. The van der Waals surface area contributed by atoms with E-state index in [-0.39, 0.29) is 28.2 Å². The van der Waals surface area contributed by atoms with Crippen LogP contribution in [0, 0.1) is 13.8 Å². The molecule has 37 heavy (non-hydrogen) atoms. The zero-order valence-electron chi connectivity index (χ0n) is 20.9. The van der Waals surface area contributed by atoms with Gasteiger partial charge in [-0.2, -0.15) is 0 Å². The molecule has 4 rings (SSSR count). The van der Waals surface area contributed by atoms with Crippen molar-refractivity contribution in [1.82, 2.24) is 24.5 Å². The summed E-state index contributed by atoms with van der Waals surface area (Å²) >= 11 is 12.9. The molecule has 1 N–H and O–H groups in total. The molecule has 0 amide bonds. The SMILES string of the molecule is COc1cccc(COc2cc(C)n(-c3cc(-c4nc(C(C)(C)O)ncc4C)ncc3Cl)c(=O)c2Cl)n1. The third-order valence-corrected chi connectivity index (χ3v) is 6.14. The Labute approximate surface area is 223 Å². The summed E-state index contributed by atoms with van der Waals surface area (Å²) in [5.74, 6) is 0.919. The molecule has 192 valence electrons. The quantitative estimate of drug-likeness (QED) is 0.354. The molecule has 0 aliphatic heterocycles. The minimum Gasteiger partial charge on any atom is -0.485 e. The summed E-state index contributed by atoms with van der Waals surface area (Å²) < 4.78 is 12.3. The predicted octanol–water partition coefficient (Wildman–Crippen LogP) is 4.82. The second kappa shape index (κ2) is 10.5. The Bertz CT molecular complexity index is 1530. The minimum absolute atomic E-state index is 0.0938. The van der Waals surface area contributed by atoms with E-state index in [2.05, 4.69) is 19.9 Å². The van der Waals surface area contributed by atoms with E-state index in [0.29, 0.717) is 34.3 Å². The fourth-order valence-corrected chi connectivity index (χ4v) is 4.00. The molecule has 0 bridgehead atoms. The summed E-state index contributed by atoms with van der Waals surface area (Å²) in [6.07, 6.45) is 3.05. The minimum atomic E-state index is -1.24. The Morgan fingerprint density at radius 3 is 2.54 bits per heavy atom. The zero-order valence-corrected chi connectivity index (χ0v) is 22.4. The summed E-state index contributed by atoms with van der Waals surface area (Å²) in [7, 11) is 1.53. The summed E-state index contributed by atoms with van der Waals surface area (Å²) in [5.41, 5.74) is 1.49. The van der Waals surface area contributed by atoms with Gasteiger partial charge in [-0.25, -0.2) is 15.0 Å². The molecule has 0 saturated heterocycles. The molecule has 0 unspecified atom stereocenters. The molecule has 4 aromatic heterocycles. The summed E-state index contributed by atoms with van der Waals surface area (Å²) in [4.78, 5) is 30.8. The first-order valence-electron chi connectivity index (χ1n) is 11.3. The number of methoxy groups -OCH3 is 1. The topological polar surface area (TPSA) is 112 Å². The first-order valence-corrected chi connectivity index (χ1v) is 12.0. The Morgan fingerprint density at radius 2 is 1.84 bits per heavy atom. The van der Waals surface area contributed by atoms with E-state index in [1.54, 1.807) is 57.3 Å². The molecule has 0 spiro atoms. The highest BCUT2D eigenvalue weighted by Gasteiger charge is 2.22. The van der Waals surface area contributed by atoms with Gasteiger partial charge >= 0.3 is 0 Å². The van der Waals surface area contributed by atoms with Crippen molar-refractivity contribution in [2.75, 3.05) is 7.11 Å². The first kappa shape index (κ1) is 26.5. The maximum atomic E-state index is 13.4. The van der Waals surface area contributed by atoms with Gasteiger partial charge in [-0.3, -0.25) is 14.3 Å². The lowest BCUT2D eigenvalue weighted by Gasteiger charge is -2.18. The second-order valence-electron chi connectivity index (χ2n) is 8.87. The molecular formula is C26H25Cl2N5O4. The molecule has 0 aliphatic carbocycles. The third-order valence-electron chi connectivity index (χ3n) is 5.50. The van der Waals surface area contributed by atoms with Crippen LogP contribution in [0.2, 0.25) is 10.0 Å². The number of hydrogen-bond donors (Lipinski definition) is 1. The number of halogens is 2. The number of aryl methyl sites for hydroxylation is 2. The average molecular weight is 542 g/mol. The van der Waals surface area contributed by atoms with E-state index >= 15 is 0 Å². The van der Waals surface area contributed by atoms with Crippen LogP contribution in [0.1, 0.15) is 36.6 Å². The van der Waals surface area contributed by atoms with Gasteiger partial charge in [0.05, 0.1) is 34.9 Å². The van der Waals surface area contributed by atoms with Crippen LogP contribution < -0.4 is 15.0 Å². The lowest BCUT2D eigenvalue weighted by Crippen LogP contribution is -2.22. The van der Waals surface area contributed by atoms with E-state index < -0.39 is 11.2 Å². The van der Waals surface area contributed by atoms with Crippen molar-refractivity contribution in [1.29, 1.82) is 0 Å². The third kappa shape index (κ3) is 5.58. The van der Waals surface area contributed by atoms with Crippen molar-refractivity contribution in [3.63, 3.8) is 0 Å². The first-order chi connectivity index (χ1) is 17.5. The van der Waals surface area contributed by atoms with E-state index in [0.717, 1.165) is 5.56 Å². The molecular weight excluding hydrogens is 517 g/mol. The second-order valence-corrected chi connectivity index (χ2v) is 9.65. The van der Waals surface area contributed by atoms with E-state index in [1.807, 2.05) is 6.92 Å². The van der Waals surface area contributed by atoms with Crippen molar-refractivity contribution in [2.24, 2.45) is 0 Å². The number of aliphatic hydroxyl groups is 1. The summed E-state index contributed by atoms with van der Waals surface area (Å²) in [6, 6.07) is 8.60. The lowest BCUT2D eigenvalue weighted by atomic mass is 10.1. The van der Waals surface area contributed by atoms with Crippen LogP contribution in [-0.2, 0) is 12.2 Å². The molecule has 0 aliphatic rings. The molecule has 4 heterocycles. The highest BCUT2D eigenvalue weighted by atomic mass is 35.5. The highest BCUT2D eigenvalue weighted by Crippen LogP contribution is 2.30. The van der Waals surface area contributed by atoms with Gasteiger partial charge < -0.3 is 14.6 Å². The van der Waals surface area contributed by atoms with Gasteiger partial charge in [0.2, 0.25) is 5.88 Å². The fourth-order valence-electron chi connectivity index (χ4n) is 3.61. The molecule has 11 heteroatoms. The van der Waals surface area contributed by atoms with Gasteiger partial charge in [-0.05, 0) is 45.4 Å². The largest absolute Gasteiger partial charge is 0.485 e. The van der Waals surface area contributed by atoms with Crippen LogP contribution in [0.25, 0.3) is 17.1 Å². The van der Waals surface area contributed by atoms with Crippen LogP contribution in [0.15, 0.2) is 47.5 Å². The van der Waals surface area contributed by atoms with Crippen molar-refractivity contribution in [3.8, 4) is 28.7 Å². The molecule has 0 radical (unpaired) electrons. The fraction of sp³-hybridized carbons (Fsp3) is 0.269. The molecule has 0 fully saturated rings. The Balaban J connectivity index is 1.73. The maximum absolute atomic E-state index is 13.4. The predicted molar refractivity (Wildman–Crippen MR) is 141 cm³/mol. The van der Waals surface area contributed by atoms with Gasteiger partial charge in [-0.1, -0.05) is 29.3 Å². The maximum Gasteiger partial charge on any atom is 0.277 e. The van der Waals surface area contributed by atoms with Crippen molar-refractivity contribution >= 4 is 23.2 Å². The number of rotatable bonds is 7. The molecule has 0 saturated carbocycles. The molecule has 9 nitrogen and oxygen atoms in total. The molecule has 4 aromatic rings. The van der Waals surface area contributed by atoms with Gasteiger partial charge in [0, 0.05) is 30.2 Å². The van der Waals surface area contributed by atoms with Crippen molar-refractivity contribution < 1.29 is 14.6 Å². The number of pyridine rings is 3. The lowest BCUT2D eigenvalue weighted by molar-refractivity contribution is 0.0688. The zero-order chi connectivity index (χ0) is 26.9. The van der Waals surface area contributed by atoms with Crippen LogP contribution in [0.5, 0.6) is 11.6 Å². The van der Waals surface area contributed by atoms with E-state index in [1.165, 1.54) is 17.9 Å². The van der Waals surface area contributed by atoms with Crippen molar-refractivity contribution in [3.05, 3.63) is 85.9 Å². The summed E-state index contributed by atoms with van der Waals surface area (Å²) in [5, 5.41) is 10.5. The number of aromatic nitrogens is 5. The monoisotopic (exact) mass is 541 g/mol. The number of ether oxygens (including phenoxy) is 2. The standard InChI is InChI=1S/C26H25Cl2N5O4/c1-14-11-30-25(26(3,4)35)32-23(14)18-10-19(17(27)12-29-18)33-15(2)9-20(22(28)24(33)34)37-13-16-7-6-8-21(31-16)36-5/h6-12,35H,13H2,1-5H3. The number of hydrogen-bond acceptors (Lipinski definition) is 8. The van der Waals surface area contributed by atoms with E-state index in [9.17, 15) is 9.90 Å². The smallest absolute Gasteiger partial charge is 0.277 e. The Kier molecular flexibility index (Phi) is 7.49. The van der Waals surface area contributed by atoms with Crippen LogP contribution >= 0.6 is 23.2 Å². The summed E-state index contributed by atoms with van der Waals surface area (Å²) in [6.45, 7) is 6.86. The van der Waals surface area contributed by atoms with Gasteiger partial charge in [-0.15, -0.1) is 0 Å². The van der Waals surface area contributed by atoms with Crippen LogP contribution in [0.4, 0.5) is 0 Å². The molecule has 0 aromatic carbocycles. The van der Waals surface area contributed by atoms with Crippen molar-refractivity contribution in [2.45, 2.75) is 39.9 Å².